The first-order valence-corrected chi connectivity index (χ1v) is 7.15. The first-order valence-electron chi connectivity index (χ1n) is 5.66. The zero-order chi connectivity index (χ0) is 15.3. The Morgan fingerprint density at radius 2 is 2.20 bits per heavy atom. The van der Waals surface area contributed by atoms with Crippen molar-refractivity contribution in [3.05, 3.63) is 33.6 Å². The van der Waals surface area contributed by atoms with E-state index < -0.39 is 38.8 Å². The summed E-state index contributed by atoms with van der Waals surface area (Å²) >= 11 is 0. The van der Waals surface area contributed by atoms with Crippen LogP contribution in [0.1, 0.15) is 17.3 Å². The maximum absolute atomic E-state index is 13.6. The largest absolute Gasteiger partial charge is 0.477 e. The first-order chi connectivity index (χ1) is 9.36. The van der Waals surface area contributed by atoms with Crippen molar-refractivity contribution in [3.8, 4) is 0 Å². The molecule has 9 heteroatoms. The van der Waals surface area contributed by atoms with E-state index in [0.717, 1.165) is 6.07 Å². The van der Waals surface area contributed by atoms with Crippen LogP contribution in [0.2, 0.25) is 0 Å². The van der Waals surface area contributed by atoms with Gasteiger partial charge < -0.3 is 10.4 Å². The van der Waals surface area contributed by atoms with Crippen molar-refractivity contribution in [3.63, 3.8) is 0 Å². The summed E-state index contributed by atoms with van der Waals surface area (Å²) in [6.07, 6.45) is 0. The molecule has 0 bridgehead atoms. The third-order valence-electron chi connectivity index (χ3n) is 2.48. The zero-order valence-electron chi connectivity index (χ0n) is 10.6. The van der Waals surface area contributed by atoms with E-state index in [1.807, 2.05) is 0 Å². The standard InChI is InChI=1S/C11H13FN2O5S/c1-2-20(19)4-3-13-9-5-7(11(15)16)10(14(17)18)6-8(9)12/h5-6,13H,2-4H2,1H3,(H,15,16). The molecule has 1 unspecified atom stereocenters. The van der Waals surface area contributed by atoms with Crippen LogP contribution in [-0.4, -0.2) is 38.3 Å². The Balaban J connectivity index is 2.98. The van der Waals surface area contributed by atoms with Gasteiger partial charge in [0.2, 0.25) is 0 Å². The van der Waals surface area contributed by atoms with E-state index in [1.54, 1.807) is 6.92 Å². The molecule has 0 saturated heterocycles. The highest BCUT2D eigenvalue weighted by molar-refractivity contribution is 7.84. The number of hydrogen-bond donors (Lipinski definition) is 2. The maximum atomic E-state index is 13.6. The normalized spacial score (nSPS) is 11.9. The minimum absolute atomic E-state index is 0.166. The predicted octanol–water partition coefficient (Wildman–Crippen LogP) is 1.61. The van der Waals surface area contributed by atoms with Crippen LogP contribution in [0, 0.1) is 15.9 Å². The molecular weight excluding hydrogens is 291 g/mol. The van der Waals surface area contributed by atoms with Crippen molar-refractivity contribution in [1.29, 1.82) is 0 Å². The first kappa shape index (κ1) is 16.0. The van der Waals surface area contributed by atoms with Crippen LogP contribution in [-0.2, 0) is 10.8 Å². The Kier molecular flexibility index (Phi) is 5.56. The quantitative estimate of drug-likeness (QED) is 0.585. The number of nitrogens with zero attached hydrogens (tertiary/aromatic N) is 1. The van der Waals surface area contributed by atoms with Crippen molar-refractivity contribution in [2.45, 2.75) is 6.92 Å². The number of carbonyl (C=O) groups is 1. The molecule has 0 fully saturated rings. The average Bonchev–Trinajstić information content (AvgIpc) is 2.39. The molecule has 1 aromatic carbocycles. The maximum Gasteiger partial charge on any atom is 0.342 e. The lowest BCUT2D eigenvalue weighted by Crippen LogP contribution is -2.14. The number of halogens is 1. The lowest BCUT2D eigenvalue weighted by molar-refractivity contribution is -0.385. The van der Waals surface area contributed by atoms with E-state index in [4.69, 9.17) is 5.11 Å². The lowest BCUT2D eigenvalue weighted by atomic mass is 10.1. The SMILES string of the molecule is CCS(=O)CCNc1cc(C(=O)O)c([N+](=O)[O-])cc1F. The summed E-state index contributed by atoms with van der Waals surface area (Å²) in [6, 6.07) is 1.42. The molecular formula is C11H13FN2O5S. The number of benzene rings is 1. The summed E-state index contributed by atoms with van der Waals surface area (Å²) in [7, 11) is -1.04. The molecule has 0 aliphatic heterocycles. The van der Waals surface area contributed by atoms with Gasteiger partial charge in [0, 0.05) is 28.9 Å². The molecule has 0 aliphatic carbocycles. The second-order valence-corrected chi connectivity index (χ2v) is 5.64. The van der Waals surface area contributed by atoms with Gasteiger partial charge in [0.25, 0.3) is 5.69 Å². The summed E-state index contributed by atoms with van der Waals surface area (Å²) in [6.45, 7) is 1.92. The van der Waals surface area contributed by atoms with Crippen LogP contribution in [0.5, 0.6) is 0 Å². The predicted molar refractivity (Wildman–Crippen MR) is 72.1 cm³/mol. The van der Waals surface area contributed by atoms with Gasteiger partial charge in [-0.2, -0.15) is 0 Å². The second kappa shape index (κ2) is 6.94. The van der Waals surface area contributed by atoms with Crippen LogP contribution in [0.4, 0.5) is 15.8 Å². The van der Waals surface area contributed by atoms with E-state index in [9.17, 15) is 23.5 Å². The van der Waals surface area contributed by atoms with Gasteiger partial charge in [0.15, 0.2) is 5.82 Å². The third-order valence-corrected chi connectivity index (χ3v) is 3.78. The van der Waals surface area contributed by atoms with Crippen LogP contribution in [0.25, 0.3) is 0 Å². The summed E-state index contributed by atoms with van der Waals surface area (Å²) in [4.78, 5) is 20.6. The molecule has 1 rings (SSSR count). The van der Waals surface area contributed by atoms with Crippen molar-refractivity contribution >= 4 is 28.1 Å². The number of rotatable bonds is 7. The second-order valence-electron chi connectivity index (χ2n) is 3.77. The molecule has 7 nitrogen and oxygen atoms in total. The number of hydrogen-bond acceptors (Lipinski definition) is 5. The van der Waals surface area contributed by atoms with Gasteiger partial charge in [-0.15, -0.1) is 0 Å². The van der Waals surface area contributed by atoms with Crippen LogP contribution in [0.3, 0.4) is 0 Å². The monoisotopic (exact) mass is 304 g/mol. The molecule has 2 N–H and O–H groups in total. The number of nitro groups is 1. The van der Waals surface area contributed by atoms with Gasteiger partial charge in [-0.05, 0) is 6.07 Å². The van der Waals surface area contributed by atoms with Crippen molar-refractivity contribution in [2.75, 3.05) is 23.4 Å². The summed E-state index contributed by atoms with van der Waals surface area (Å²) < 4.78 is 24.8. The number of carboxylic acids is 1. The van der Waals surface area contributed by atoms with Crippen molar-refractivity contribution in [2.24, 2.45) is 0 Å². The van der Waals surface area contributed by atoms with Crippen molar-refractivity contribution < 1.29 is 23.4 Å². The summed E-state index contributed by atoms with van der Waals surface area (Å²) in [5.74, 6) is -1.71. The van der Waals surface area contributed by atoms with Crippen LogP contribution >= 0.6 is 0 Å². The highest BCUT2D eigenvalue weighted by Gasteiger charge is 2.23. The van der Waals surface area contributed by atoms with E-state index >= 15 is 0 Å². The highest BCUT2D eigenvalue weighted by Crippen LogP contribution is 2.26. The van der Waals surface area contributed by atoms with E-state index in [-0.39, 0.29) is 18.0 Å². The zero-order valence-corrected chi connectivity index (χ0v) is 11.4. The molecule has 20 heavy (non-hydrogen) atoms. The Morgan fingerprint density at radius 3 is 2.70 bits per heavy atom. The van der Waals surface area contributed by atoms with Crippen LogP contribution < -0.4 is 5.32 Å². The number of anilines is 1. The molecule has 1 aromatic rings. The molecule has 110 valence electrons. The summed E-state index contributed by atoms with van der Waals surface area (Å²) in [5, 5.41) is 22.1. The third kappa shape index (κ3) is 3.98. The van der Waals surface area contributed by atoms with Crippen molar-refractivity contribution in [1.82, 2.24) is 0 Å². The van der Waals surface area contributed by atoms with Gasteiger partial charge in [0.1, 0.15) is 5.56 Å². The smallest absolute Gasteiger partial charge is 0.342 e. The van der Waals surface area contributed by atoms with Gasteiger partial charge in [-0.1, -0.05) is 6.92 Å². The fourth-order valence-electron chi connectivity index (χ4n) is 1.46. The van der Waals surface area contributed by atoms with Gasteiger partial charge in [0.05, 0.1) is 16.7 Å². The Hall–Kier alpha value is -2.03. The Morgan fingerprint density at radius 1 is 1.55 bits per heavy atom. The topological polar surface area (TPSA) is 110 Å². The molecule has 0 aromatic heterocycles. The van der Waals surface area contributed by atoms with E-state index in [1.165, 1.54) is 0 Å². The fourth-order valence-corrected chi connectivity index (χ4v) is 2.08. The molecule has 0 saturated carbocycles. The average molecular weight is 304 g/mol. The Bertz CT molecular complexity index is 564. The highest BCUT2D eigenvalue weighted by atomic mass is 32.2. The fraction of sp³-hybridized carbons (Fsp3) is 0.364. The number of nitrogens with one attached hydrogen (secondary N) is 1. The van der Waals surface area contributed by atoms with Crippen LogP contribution in [0.15, 0.2) is 12.1 Å². The lowest BCUT2D eigenvalue weighted by Gasteiger charge is -2.08. The number of carboxylic acid groups (broad SMARTS) is 1. The molecule has 0 aliphatic rings. The Labute approximate surface area is 116 Å². The van der Waals surface area contributed by atoms with E-state index in [2.05, 4.69) is 5.32 Å². The van der Waals surface area contributed by atoms with E-state index in [0.29, 0.717) is 11.8 Å². The van der Waals surface area contributed by atoms with Gasteiger partial charge in [-0.3, -0.25) is 14.3 Å². The molecule has 0 spiro atoms. The molecule has 0 heterocycles. The molecule has 0 amide bonds. The number of nitro benzene ring substituents is 1. The molecule has 1 atom stereocenters. The van der Waals surface area contributed by atoms with Gasteiger partial charge >= 0.3 is 5.97 Å². The minimum Gasteiger partial charge on any atom is -0.477 e. The number of aromatic carboxylic acids is 1. The molecule has 0 radical (unpaired) electrons. The summed E-state index contributed by atoms with van der Waals surface area (Å²) in [5.41, 5.74) is -1.57. The van der Waals surface area contributed by atoms with Gasteiger partial charge in [-0.25, -0.2) is 9.18 Å². The minimum atomic E-state index is -1.52.